The number of hydrogen-bond acceptors (Lipinski definition) is 6. The minimum absolute atomic E-state index is 0.0273. The Morgan fingerprint density at radius 2 is 1.88 bits per heavy atom. The fourth-order valence-electron chi connectivity index (χ4n) is 3.05. The molecule has 4 aromatic rings. The average Bonchev–Trinajstić information content (AvgIpc) is 3.35. The molecule has 0 fully saturated rings. The molecular formula is C25H22N4O4. The quantitative estimate of drug-likeness (QED) is 0.281. The van der Waals surface area contributed by atoms with Crippen molar-refractivity contribution in [2.75, 3.05) is 7.11 Å². The molecule has 1 aromatic heterocycles. The molecule has 33 heavy (non-hydrogen) atoms. The molecule has 8 heteroatoms. The van der Waals surface area contributed by atoms with Crippen LogP contribution >= 0.6 is 0 Å². The number of aromatic amines is 1. The summed E-state index contributed by atoms with van der Waals surface area (Å²) in [6.45, 7) is 0.490. The van der Waals surface area contributed by atoms with E-state index in [-0.39, 0.29) is 11.4 Å². The molecule has 0 spiro atoms. The standard InChI is InChI=1S/C25H22N4O4/c1-32-24-13-18(7-12-23(24)30)15-26-29-25(31)22-14-21(27-28-22)19-8-10-20(11-9-19)33-16-17-5-3-2-4-6-17/h2-15,30H,16H2,1H3,(H,27,28)(H,29,31)/b26-15-. The van der Waals surface area contributed by atoms with Gasteiger partial charge < -0.3 is 14.6 Å². The van der Waals surface area contributed by atoms with Gasteiger partial charge in [0.15, 0.2) is 11.5 Å². The Balaban J connectivity index is 1.34. The summed E-state index contributed by atoms with van der Waals surface area (Å²) in [5.74, 6) is 0.661. The van der Waals surface area contributed by atoms with Crippen molar-refractivity contribution in [3.63, 3.8) is 0 Å². The average molecular weight is 442 g/mol. The monoisotopic (exact) mass is 442 g/mol. The van der Waals surface area contributed by atoms with E-state index in [1.807, 2.05) is 54.6 Å². The van der Waals surface area contributed by atoms with E-state index >= 15 is 0 Å². The van der Waals surface area contributed by atoms with E-state index in [4.69, 9.17) is 9.47 Å². The summed E-state index contributed by atoms with van der Waals surface area (Å²) in [7, 11) is 1.46. The highest BCUT2D eigenvalue weighted by Crippen LogP contribution is 2.25. The maximum atomic E-state index is 12.3. The zero-order valence-corrected chi connectivity index (χ0v) is 17.9. The maximum Gasteiger partial charge on any atom is 0.289 e. The van der Waals surface area contributed by atoms with Gasteiger partial charge in [0, 0.05) is 5.56 Å². The molecule has 166 valence electrons. The van der Waals surface area contributed by atoms with Crippen molar-refractivity contribution in [1.29, 1.82) is 0 Å². The highest BCUT2D eigenvalue weighted by Gasteiger charge is 2.11. The number of H-pyrrole nitrogens is 1. The lowest BCUT2D eigenvalue weighted by Gasteiger charge is -2.06. The van der Waals surface area contributed by atoms with Gasteiger partial charge in [-0.05, 0) is 59.7 Å². The third-order valence-corrected chi connectivity index (χ3v) is 4.80. The SMILES string of the molecule is COc1cc(/C=N\NC(=O)c2cc(-c3ccc(OCc4ccccc4)cc3)n[nH]2)ccc1O. The topological polar surface area (TPSA) is 109 Å². The lowest BCUT2D eigenvalue weighted by molar-refractivity contribution is 0.0950. The van der Waals surface area contributed by atoms with E-state index in [9.17, 15) is 9.90 Å². The van der Waals surface area contributed by atoms with Crippen molar-refractivity contribution in [3.05, 3.63) is 95.7 Å². The van der Waals surface area contributed by atoms with E-state index in [0.717, 1.165) is 16.9 Å². The van der Waals surface area contributed by atoms with Gasteiger partial charge in [-0.15, -0.1) is 0 Å². The second-order valence-electron chi connectivity index (χ2n) is 7.10. The molecule has 0 aliphatic heterocycles. The summed E-state index contributed by atoms with van der Waals surface area (Å²) in [6.07, 6.45) is 1.45. The third-order valence-electron chi connectivity index (χ3n) is 4.80. The maximum absolute atomic E-state index is 12.3. The van der Waals surface area contributed by atoms with Gasteiger partial charge in [0.1, 0.15) is 18.1 Å². The number of ether oxygens (including phenoxy) is 2. The molecular weight excluding hydrogens is 420 g/mol. The van der Waals surface area contributed by atoms with Crippen molar-refractivity contribution in [2.45, 2.75) is 6.61 Å². The van der Waals surface area contributed by atoms with Gasteiger partial charge in [0.05, 0.1) is 19.0 Å². The Hall–Kier alpha value is -4.59. The fraction of sp³-hybridized carbons (Fsp3) is 0.0800. The fourth-order valence-corrected chi connectivity index (χ4v) is 3.05. The number of carbonyl (C=O) groups is 1. The summed E-state index contributed by atoms with van der Waals surface area (Å²) < 4.78 is 10.8. The number of nitrogens with one attached hydrogen (secondary N) is 2. The van der Waals surface area contributed by atoms with Gasteiger partial charge in [0.25, 0.3) is 5.91 Å². The zero-order valence-electron chi connectivity index (χ0n) is 17.9. The van der Waals surface area contributed by atoms with Gasteiger partial charge in [-0.1, -0.05) is 30.3 Å². The van der Waals surface area contributed by atoms with Crippen LogP contribution in [0.3, 0.4) is 0 Å². The number of aromatic hydroxyl groups is 1. The van der Waals surface area contributed by atoms with Crippen molar-refractivity contribution in [3.8, 4) is 28.5 Å². The molecule has 0 unspecified atom stereocenters. The number of carbonyl (C=O) groups excluding carboxylic acids is 1. The first-order valence-corrected chi connectivity index (χ1v) is 10.2. The van der Waals surface area contributed by atoms with Crippen LogP contribution in [-0.4, -0.2) is 34.5 Å². The Morgan fingerprint density at radius 1 is 1.09 bits per heavy atom. The summed E-state index contributed by atoms with van der Waals surface area (Å²) in [6, 6.07) is 23.8. The molecule has 3 aromatic carbocycles. The van der Waals surface area contributed by atoms with E-state index in [1.54, 1.807) is 18.2 Å². The Bertz CT molecular complexity index is 1250. The number of aromatic nitrogens is 2. The predicted octanol–water partition coefficient (Wildman–Crippen LogP) is 4.13. The predicted molar refractivity (Wildman–Crippen MR) is 125 cm³/mol. The van der Waals surface area contributed by atoms with Crippen LogP contribution in [0, 0.1) is 0 Å². The number of benzene rings is 3. The third kappa shape index (κ3) is 5.56. The lowest BCUT2D eigenvalue weighted by Crippen LogP contribution is -2.18. The first kappa shape index (κ1) is 21.6. The molecule has 0 radical (unpaired) electrons. The normalized spacial score (nSPS) is 10.8. The second kappa shape index (κ2) is 10.1. The molecule has 0 aliphatic carbocycles. The molecule has 0 bridgehead atoms. The van der Waals surface area contributed by atoms with Crippen LogP contribution < -0.4 is 14.9 Å². The Kier molecular flexibility index (Phi) is 6.65. The minimum atomic E-state index is -0.432. The van der Waals surface area contributed by atoms with Gasteiger partial charge in [-0.3, -0.25) is 9.89 Å². The van der Waals surface area contributed by atoms with Crippen molar-refractivity contribution in [1.82, 2.24) is 15.6 Å². The smallest absolute Gasteiger partial charge is 0.289 e. The molecule has 0 saturated carbocycles. The van der Waals surface area contributed by atoms with E-state index in [0.29, 0.717) is 23.6 Å². The molecule has 4 rings (SSSR count). The number of phenolic OH excluding ortho intramolecular Hbond substituents is 1. The summed E-state index contributed by atoms with van der Waals surface area (Å²) in [5.41, 5.74) is 5.94. The highest BCUT2D eigenvalue weighted by atomic mass is 16.5. The molecule has 8 nitrogen and oxygen atoms in total. The van der Waals surface area contributed by atoms with Crippen LogP contribution in [0.15, 0.2) is 84.0 Å². The number of nitrogens with zero attached hydrogens (tertiary/aromatic N) is 2. The Labute approximate surface area is 190 Å². The van der Waals surface area contributed by atoms with Gasteiger partial charge in [-0.25, -0.2) is 5.43 Å². The van der Waals surface area contributed by atoms with Crippen LogP contribution in [0.5, 0.6) is 17.2 Å². The van der Waals surface area contributed by atoms with Crippen LogP contribution in [0.2, 0.25) is 0 Å². The van der Waals surface area contributed by atoms with Gasteiger partial charge in [-0.2, -0.15) is 10.2 Å². The van der Waals surface area contributed by atoms with Crippen molar-refractivity contribution in [2.24, 2.45) is 5.10 Å². The summed E-state index contributed by atoms with van der Waals surface area (Å²) in [4.78, 5) is 12.3. The molecule has 0 saturated heterocycles. The van der Waals surface area contributed by atoms with Gasteiger partial charge in [0.2, 0.25) is 0 Å². The van der Waals surface area contributed by atoms with Crippen LogP contribution in [-0.2, 0) is 6.61 Å². The number of rotatable bonds is 8. The summed E-state index contributed by atoms with van der Waals surface area (Å²) >= 11 is 0. The largest absolute Gasteiger partial charge is 0.504 e. The van der Waals surface area contributed by atoms with Crippen molar-refractivity contribution < 1.29 is 19.4 Å². The number of amides is 1. The lowest BCUT2D eigenvalue weighted by atomic mass is 10.1. The molecule has 0 atom stereocenters. The highest BCUT2D eigenvalue weighted by molar-refractivity contribution is 5.94. The number of phenols is 1. The van der Waals surface area contributed by atoms with Crippen molar-refractivity contribution >= 4 is 12.1 Å². The van der Waals surface area contributed by atoms with E-state index < -0.39 is 5.91 Å². The summed E-state index contributed by atoms with van der Waals surface area (Å²) in [5, 5.41) is 20.5. The first-order chi connectivity index (χ1) is 16.1. The van der Waals surface area contributed by atoms with Crippen LogP contribution in [0.1, 0.15) is 21.6 Å². The number of methoxy groups -OCH3 is 1. The number of hydrogen-bond donors (Lipinski definition) is 3. The number of hydrazone groups is 1. The molecule has 1 heterocycles. The van der Waals surface area contributed by atoms with E-state index in [2.05, 4.69) is 20.7 Å². The van der Waals surface area contributed by atoms with Crippen LogP contribution in [0.4, 0.5) is 0 Å². The molecule has 1 amide bonds. The minimum Gasteiger partial charge on any atom is -0.504 e. The molecule has 3 N–H and O–H groups in total. The Morgan fingerprint density at radius 3 is 2.64 bits per heavy atom. The first-order valence-electron chi connectivity index (χ1n) is 10.2. The van der Waals surface area contributed by atoms with E-state index in [1.165, 1.54) is 19.4 Å². The van der Waals surface area contributed by atoms with Gasteiger partial charge >= 0.3 is 0 Å². The second-order valence-corrected chi connectivity index (χ2v) is 7.10. The van der Waals surface area contributed by atoms with Crippen LogP contribution in [0.25, 0.3) is 11.3 Å². The molecule has 0 aliphatic rings. The zero-order chi connectivity index (χ0) is 23.0.